The molecule has 0 aliphatic carbocycles. The van der Waals surface area contributed by atoms with Crippen molar-refractivity contribution in [2.45, 2.75) is 57.8 Å². The fourth-order valence-corrected chi connectivity index (χ4v) is 3.28. The molecule has 2 aromatic carbocycles. The number of rotatable bonds is 9. The van der Waals surface area contributed by atoms with Gasteiger partial charge in [0, 0.05) is 5.92 Å². The minimum absolute atomic E-state index is 0.0729. The van der Waals surface area contributed by atoms with E-state index in [0.29, 0.717) is 12.8 Å². The van der Waals surface area contributed by atoms with E-state index in [1.54, 1.807) is 32.9 Å². The van der Waals surface area contributed by atoms with E-state index >= 15 is 0 Å². The summed E-state index contributed by atoms with van der Waals surface area (Å²) in [4.78, 5) is 24.4. The molecule has 0 heterocycles. The quantitative estimate of drug-likeness (QED) is 0.489. The van der Waals surface area contributed by atoms with Crippen molar-refractivity contribution in [3.05, 3.63) is 65.7 Å². The summed E-state index contributed by atoms with van der Waals surface area (Å²) in [6.07, 6.45) is -0.906. The van der Waals surface area contributed by atoms with Crippen LogP contribution >= 0.6 is 0 Å². The molecule has 3 atom stereocenters. The second-order valence-electron chi connectivity index (χ2n) is 8.72. The van der Waals surface area contributed by atoms with Gasteiger partial charge in [0.1, 0.15) is 11.4 Å². The Labute approximate surface area is 183 Å². The van der Waals surface area contributed by atoms with Gasteiger partial charge < -0.3 is 26.0 Å². The molecule has 31 heavy (non-hydrogen) atoms. The summed E-state index contributed by atoms with van der Waals surface area (Å²) in [6, 6.07) is 15.3. The van der Waals surface area contributed by atoms with Crippen molar-refractivity contribution in [1.82, 2.24) is 5.32 Å². The van der Waals surface area contributed by atoms with Crippen molar-refractivity contribution in [2.75, 3.05) is 0 Å². The maximum Gasteiger partial charge on any atom is 0.407 e. The summed E-state index contributed by atoms with van der Waals surface area (Å²) in [5, 5.41) is 23.1. The monoisotopic (exact) mass is 428 g/mol. The zero-order valence-electron chi connectivity index (χ0n) is 18.2. The molecule has 0 bridgehead atoms. The molecule has 168 valence electrons. The number of nitrogens with two attached hydrogens (primary N) is 1. The summed E-state index contributed by atoms with van der Waals surface area (Å²) in [5.41, 5.74) is 6.65. The normalized spacial score (nSPS) is 14.3. The lowest BCUT2D eigenvalue weighted by Gasteiger charge is -2.28. The first-order valence-corrected chi connectivity index (χ1v) is 10.3. The molecule has 0 fully saturated rings. The SMILES string of the molecule is CC(C)(C)OC(=O)N[C@@H](Cc1ccccc1)[C@@H](O)C[C@@H](Cc1ccc(O)cc1)C(N)=O. The maximum atomic E-state index is 12.3. The number of carbonyl (C=O) groups is 2. The average molecular weight is 429 g/mol. The summed E-state index contributed by atoms with van der Waals surface area (Å²) in [7, 11) is 0. The van der Waals surface area contributed by atoms with Gasteiger partial charge in [-0.2, -0.15) is 0 Å². The van der Waals surface area contributed by atoms with Gasteiger partial charge in [-0.05, 0) is 63.3 Å². The van der Waals surface area contributed by atoms with Gasteiger partial charge in [-0.1, -0.05) is 42.5 Å². The number of aromatic hydroxyl groups is 1. The first kappa shape index (κ1) is 24.2. The van der Waals surface area contributed by atoms with Crippen molar-refractivity contribution in [2.24, 2.45) is 11.7 Å². The number of ether oxygens (including phenoxy) is 1. The molecule has 0 aliphatic rings. The van der Waals surface area contributed by atoms with Crippen LogP contribution in [0.15, 0.2) is 54.6 Å². The van der Waals surface area contributed by atoms with Gasteiger partial charge in [-0.3, -0.25) is 4.79 Å². The predicted molar refractivity (Wildman–Crippen MR) is 118 cm³/mol. The van der Waals surface area contributed by atoms with E-state index in [2.05, 4.69) is 5.32 Å². The van der Waals surface area contributed by atoms with E-state index in [9.17, 15) is 19.8 Å². The molecular weight excluding hydrogens is 396 g/mol. The predicted octanol–water partition coefficient (Wildman–Crippen LogP) is 2.92. The molecule has 2 rings (SSSR count). The molecule has 7 nitrogen and oxygen atoms in total. The number of carbonyl (C=O) groups excluding carboxylic acids is 2. The van der Waals surface area contributed by atoms with Crippen molar-refractivity contribution in [1.29, 1.82) is 0 Å². The summed E-state index contributed by atoms with van der Waals surface area (Å²) < 4.78 is 5.34. The molecular formula is C24H32N2O5. The summed E-state index contributed by atoms with van der Waals surface area (Å²) in [6.45, 7) is 5.28. The number of hydrogen-bond donors (Lipinski definition) is 4. The Morgan fingerprint density at radius 1 is 1.00 bits per heavy atom. The maximum absolute atomic E-state index is 12.3. The molecule has 0 aliphatic heterocycles. The van der Waals surface area contributed by atoms with Crippen LogP contribution in [0.25, 0.3) is 0 Å². The lowest BCUT2D eigenvalue weighted by atomic mass is 9.89. The van der Waals surface area contributed by atoms with Crippen LogP contribution in [0.5, 0.6) is 5.75 Å². The van der Waals surface area contributed by atoms with Crippen molar-refractivity contribution in [3.8, 4) is 5.75 Å². The smallest absolute Gasteiger partial charge is 0.407 e. The minimum Gasteiger partial charge on any atom is -0.508 e. The lowest BCUT2D eigenvalue weighted by Crippen LogP contribution is -2.48. The van der Waals surface area contributed by atoms with E-state index in [1.165, 1.54) is 12.1 Å². The first-order valence-electron chi connectivity index (χ1n) is 10.3. The van der Waals surface area contributed by atoms with Crippen molar-refractivity contribution in [3.63, 3.8) is 0 Å². The highest BCUT2D eigenvalue weighted by Crippen LogP contribution is 2.20. The number of aliphatic hydroxyl groups excluding tert-OH is 1. The summed E-state index contributed by atoms with van der Waals surface area (Å²) in [5.74, 6) is -1.05. The number of primary amides is 1. The highest BCUT2D eigenvalue weighted by molar-refractivity contribution is 5.77. The average Bonchev–Trinajstić information content (AvgIpc) is 2.67. The molecule has 0 aromatic heterocycles. The van der Waals surface area contributed by atoms with Crippen LogP contribution < -0.4 is 11.1 Å². The Balaban J connectivity index is 2.14. The number of benzene rings is 2. The molecule has 5 N–H and O–H groups in total. The van der Waals surface area contributed by atoms with Gasteiger partial charge in [-0.15, -0.1) is 0 Å². The van der Waals surface area contributed by atoms with Crippen molar-refractivity contribution >= 4 is 12.0 Å². The lowest BCUT2D eigenvalue weighted by molar-refractivity contribution is -0.122. The van der Waals surface area contributed by atoms with E-state index in [1.807, 2.05) is 30.3 Å². The van der Waals surface area contributed by atoms with E-state index < -0.39 is 35.7 Å². The van der Waals surface area contributed by atoms with Gasteiger partial charge >= 0.3 is 6.09 Å². The number of amides is 2. The van der Waals surface area contributed by atoms with Gasteiger partial charge in [0.05, 0.1) is 12.1 Å². The van der Waals surface area contributed by atoms with Crippen LogP contribution in [0, 0.1) is 5.92 Å². The van der Waals surface area contributed by atoms with Crippen molar-refractivity contribution < 1.29 is 24.5 Å². The molecule has 2 amide bonds. The van der Waals surface area contributed by atoms with Crippen LogP contribution in [-0.2, 0) is 22.4 Å². The number of aliphatic hydroxyl groups is 1. The number of alkyl carbamates (subject to hydrolysis) is 1. The third-order valence-corrected chi connectivity index (χ3v) is 4.81. The zero-order chi connectivity index (χ0) is 23.0. The number of phenolic OH excluding ortho intramolecular Hbond substituents is 1. The fourth-order valence-electron chi connectivity index (χ4n) is 3.28. The number of phenols is 1. The Bertz CT molecular complexity index is 847. The minimum atomic E-state index is -1.03. The number of hydrogen-bond acceptors (Lipinski definition) is 5. The van der Waals surface area contributed by atoms with E-state index in [0.717, 1.165) is 11.1 Å². The molecule has 0 saturated carbocycles. The van der Waals surface area contributed by atoms with Gasteiger partial charge in [0.15, 0.2) is 0 Å². The van der Waals surface area contributed by atoms with Crippen LogP contribution in [0.4, 0.5) is 4.79 Å². The van der Waals surface area contributed by atoms with Crippen LogP contribution in [0.3, 0.4) is 0 Å². The van der Waals surface area contributed by atoms with Crippen LogP contribution in [0.2, 0.25) is 0 Å². The largest absolute Gasteiger partial charge is 0.508 e. The Morgan fingerprint density at radius 3 is 2.13 bits per heavy atom. The molecule has 2 aromatic rings. The molecule has 0 saturated heterocycles. The third-order valence-electron chi connectivity index (χ3n) is 4.81. The molecule has 0 unspecified atom stereocenters. The van der Waals surface area contributed by atoms with E-state index in [-0.39, 0.29) is 12.2 Å². The Morgan fingerprint density at radius 2 is 1.58 bits per heavy atom. The Kier molecular flexibility index (Phi) is 8.45. The van der Waals surface area contributed by atoms with Gasteiger partial charge in [0.2, 0.25) is 5.91 Å². The zero-order valence-corrected chi connectivity index (χ0v) is 18.2. The first-order chi connectivity index (χ1) is 14.5. The molecule has 0 spiro atoms. The van der Waals surface area contributed by atoms with E-state index in [4.69, 9.17) is 10.5 Å². The number of nitrogens with one attached hydrogen (secondary N) is 1. The molecule has 7 heteroatoms. The Hall–Kier alpha value is -3.06. The fraction of sp³-hybridized carbons (Fsp3) is 0.417. The van der Waals surface area contributed by atoms with Gasteiger partial charge in [0.25, 0.3) is 0 Å². The van der Waals surface area contributed by atoms with Crippen LogP contribution in [-0.4, -0.2) is 40.0 Å². The topological polar surface area (TPSA) is 122 Å². The second-order valence-corrected chi connectivity index (χ2v) is 8.72. The molecule has 0 radical (unpaired) electrons. The second kappa shape index (κ2) is 10.8. The highest BCUT2D eigenvalue weighted by atomic mass is 16.6. The standard InChI is InChI=1S/C24H32N2O5/c1-24(2,3)31-23(30)26-20(14-16-7-5-4-6-8-16)21(28)15-18(22(25)29)13-17-9-11-19(27)12-10-17/h4-12,18,20-21,27-28H,13-15H2,1-3H3,(H2,25,29)(H,26,30)/t18-,20+,21+/m1/s1. The highest BCUT2D eigenvalue weighted by Gasteiger charge is 2.29. The third kappa shape index (κ3) is 8.68. The van der Waals surface area contributed by atoms with Crippen LogP contribution in [0.1, 0.15) is 38.3 Å². The summed E-state index contributed by atoms with van der Waals surface area (Å²) >= 11 is 0. The van der Waals surface area contributed by atoms with Gasteiger partial charge in [-0.25, -0.2) is 4.79 Å².